The minimum absolute atomic E-state index is 0.0843. The van der Waals surface area contributed by atoms with Gasteiger partial charge in [0.1, 0.15) is 5.76 Å². The standard InChI is InChI=1S/C17H17N3O2/c21-17(11-4-1-2-5-11)18-16-13-8-7-12(10-14(13)19-20-16)15-6-3-9-22-15/h3,6-11H,1-2,4-5H2,(H2,18,19,20,21). The summed E-state index contributed by atoms with van der Waals surface area (Å²) in [5.41, 5.74) is 1.87. The lowest BCUT2D eigenvalue weighted by Gasteiger charge is -2.08. The zero-order valence-electron chi connectivity index (χ0n) is 12.1. The molecule has 1 aromatic carbocycles. The SMILES string of the molecule is O=C(Nc1n[nH]c2cc(-c3ccco3)ccc12)C1CCCC1. The molecule has 1 aliphatic rings. The number of H-pyrrole nitrogens is 1. The summed E-state index contributed by atoms with van der Waals surface area (Å²) in [6.45, 7) is 0. The second-order valence-corrected chi connectivity index (χ2v) is 5.78. The van der Waals surface area contributed by atoms with Crippen molar-refractivity contribution >= 4 is 22.6 Å². The first kappa shape index (κ1) is 13.1. The Morgan fingerprint density at radius 1 is 1.27 bits per heavy atom. The summed E-state index contributed by atoms with van der Waals surface area (Å²) < 4.78 is 5.40. The van der Waals surface area contributed by atoms with Crippen molar-refractivity contribution in [1.82, 2.24) is 10.2 Å². The number of amides is 1. The summed E-state index contributed by atoms with van der Waals surface area (Å²) >= 11 is 0. The molecule has 5 heteroatoms. The van der Waals surface area contributed by atoms with Crippen molar-refractivity contribution in [2.75, 3.05) is 5.32 Å². The zero-order chi connectivity index (χ0) is 14.9. The van der Waals surface area contributed by atoms with E-state index in [0.29, 0.717) is 5.82 Å². The number of carbonyl (C=O) groups excluding carboxylic acids is 1. The van der Waals surface area contributed by atoms with Crippen LogP contribution >= 0.6 is 0 Å². The molecule has 2 heterocycles. The number of rotatable bonds is 3. The number of anilines is 1. The molecule has 22 heavy (non-hydrogen) atoms. The molecular formula is C17H17N3O2. The largest absolute Gasteiger partial charge is 0.464 e. The van der Waals surface area contributed by atoms with E-state index < -0.39 is 0 Å². The molecule has 1 amide bonds. The summed E-state index contributed by atoms with van der Waals surface area (Å²) in [5, 5.41) is 11.1. The number of aromatic nitrogens is 2. The van der Waals surface area contributed by atoms with Crippen LogP contribution in [0, 0.1) is 5.92 Å². The first-order chi connectivity index (χ1) is 10.8. The first-order valence-electron chi connectivity index (χ1n) is 7.64. The second kappa shape index (κ2) is 5.33. The molecule has 4 rings (SSSR count). The van der Waals surface area contributed by atoms with Gasteiger partial charge in [-0.25, -0.2) is 0 Å². The fourth-order valence-corrected chi connectivity index (χ4v) is 3.12. The molecular weight excluding hydrogens is 278 g/mol. The fourth-order valence-electron chi connectivity index (χ4n) is 3.12. The average molecular weight is 295 g/mol. The molecule has 0 aliphatic heterocycles. The van der Waals surface area contributed by atoms with E-state index in [1.807, 2.05) is 30.3 Å². The van der Waals surface area contributed by atoms with Crippen molar-refractivity contribution in [3.8, 4) is 11.3 Å². The number of carbonyl (C=O) groups is 1. The highest BCUT2D eigenvalue weighted by Crippen LogP contribution is 2.29. The average Bonchev–Trinajstić information content (AvgIpc) is 3.29. The summed E-state index contributed by atoms with van der Waals surface area (Å²) in [6.07, 6.45) is 5.91. The molecule has 1 aliphatic carbocycles. The maximum Gasteiger partial charge on any atom is 0.228 e. The number of furan rings is 1. The van der Waals surface area contributed by atoms with Gasteiger partial charge in [0, 0.05) is 16.9 Å². The molecule has 1 fully saturated rings. The molecule has 0 radical (unpaired) electrons. The number of fused-ring (bicyclic) bond motifs is 1. The maximum absolute atomic E-state index is 12.2. The molecule has 2 N–H and O–H groups in total. The molecule has 3 aromatic rings. The predicted molar refractivity (Wildman–Crippen MR) is 84.4 cm³/mol. The second-order valence-electron chi connectivity index (χ2n) is 5.78. The number of nitrogens with one attached hydrogen (secondary N) is 2. The van der Waals surface area contributed by atoms with Gasteiger partial charge in [-0.1, -0.05) is 18.9 Å². The predicted octanol–water partition coefficient (Wildman–Crippen LogP) is 3.95. The summed E-state index contributed by atoms with van der Waals surface area (Å²) in [5.74, 6) is 1.64. The lowest BCUT2D eigenvalue weighted by Crippen LogP contribution is -2.20. The van der Waals surface area contributed by atoms with E-state index in [0.717, 1.165) is 47.9 Å². The van der Waals surface area contributed by atoms with E-state index in [2.05, 4.69) is 15.5 Å². The van der Waals surface area contributed by atoms with Crippen LogP contribution < -0.4 is 5.32 Å². The van der Waals surface area contributed by atoms with Gasteiger partial charge >= 0.3 is 0 Å². The van der Waals surface area contributed by atoms with Gasteiger partial charge in [-0.3, -0.25) is 9.89 Å². The van der Waals surface area contributed by atoms with Gasteiger partial charge < -0.3 is 9.73 Å². The van der Waals surface area contributed by atoms with Gasteiger partial charge in [-0.15, -0.1) is 0 Å². The van der Waals surface area contributed by atoms with Crippen LogP contribution in [0.2, 0.25) is 0 Å². The molecule has 0 saturated heterocycles. The minimum atomic E-state index is 0.0843. The van der Waals surface area contributed by atoms with Crippen molar-refractivity contribution in [1.29, 1.82) is 0 Å². The van der Waals surface area contributed by atoms with E-state index in [1.54, 1.807) is 6.26 Å². The van der Waals surface area contributed by atoms with Crippen molar-refractivity contribution in [3.05, 3.63) is 36.6 Å². The van der Waals surface area contributed by atoms with Crippen LogP contribution in [0.5, 0.6) is 0 Å². The Bertz CT molecular complexity index is 799. The highest BCUT2D eigenvalue weighted by Gasteiger charge is 2.23. The fraction of sp³-hybridized carbons (Fsp3) is 0.294. The van der Waals surface area contributed by atoms with Gasteiger partial charge in [0.05, 0.1) is 11.8 Å². The van der Waals surface area contributed by atoms with Crippen LogP contribution in [-0.2, 0) is 4.79 Å². The molecule has 1 saturated carbocycles. The lowest BCUT2D eigenvalue weighted by atomic mass is 10.1. The smallest absolute Gasteiger partial charge is 0.228 e. The van der Waals surface area contributed by atoms with Crippen LogP contribution in [0.4, 0.5) is 5.82 Å². The van der Waals surface area contributed by atoms with Crippen molar-refractivity contribution < 1.29 is 9.21 Å². The monoisotopic (exact) mass is 295 g/mol. The molecule has 112 valence electrons. The summed E-state index contributed by atoms with van der Waals surface area (Å²) in [4.78, 5) is 12.2. The number of hydrogen-bond donors (Lipinski definition) is 2. The molecule has 0 bridgehead atoms. The van der Waals surface area contributed by atoms with Gasteiger partial charge in [-0.2, -0.15) is 5.10 Å². The minimum Gasteiger partial charge on any atom is -0.464 e. The zero-order valence-corrected chi connectivity index (χ0v) is 12.1. The Labute approximate surface area is 127 Å². The van der Waals surface area contributed by atoms with Gasteiger partial charge in [-0.05, 0) is 37.1 Å². The highest BCUT2D eigenvalue weighted by molar-refractivity contribution is 6.01. The highest BCUT2D eigenvalue weighted by atomic mass is 16.3. The molecule has 2 aromatic heterocycles. The Morgan fingerprint density at radius 2 is 2.14 bits per heavy atom. The summed E-state index contributed by atoms with van der Waals surface area (Å²) in [7, 11) is 0. The topological polar surface area (TPSA) is 70.9 Å². The molecule has 5 nitrogen and oxygen atoms in total. The number of aromatic amines is 1. The molecule has 0 atom stereocenters. The van der Waals surface area contributed by atoms with Gasteiger partial charge in [0.15, 0.2) is 5.82 Å². The van der Waals surface area contributed by atoms with E-state index in [1.165, 1.54) is 0 Å². The third-order valence-corrected chi connectivity index (χ3v) is 4.34. The Morgan fingerprint density at radius 3 is 2.91 bits per heavy atom. The van der Waals surface area contributed by atoms with E-state index >= 15 is 0 Å². The van der Waals surface area contributed by atoms with Crippen LogP contribution in [0.1, 0.15) is 25.7 Å². The van der Waals surface area contributed by atoms with E-state index in [-0.39, 0.29) is 11.8 Å². The van der Waals surface area contributed by atoms with Crippen LogP contribution in [-0.4, -0.2) is 16.1 Å². The first-order valence-corrected chi connectivity index (χ1v) is 7.64. The molecule has 0 spiro atoms. The van der Waals surface area contributed by atoms with Crippen molar-refractivity contribution in [2.24, 2.45) is 5.92 Å². The summed E-state index contributed by atoms with van der Waals surface area (Å²) in [6, 6.07) is 9.69. The van der Waals surface area contributed by atoms with Gasteiger partial charge in [0.25, 0.3) is 0 Å². The normalized spacial score (nSPS) is 15.5. The Balaban J connectivity index is 1.61. The van der Waals surface area contributed by atoms with Crippen LogP contribution in [0.3, 0.4) is 0 Å². The van der Waals surface area contributed by atoms with E-state index in [4.69, 9.17) is 4.42 Å². The maximum atomic E-state index is 12.2. The number of nitrogens with zero attached hydrogens (tertiary/aromatic N) is 1. The Hall–Kier alpha value is -2.56. The Kier molecular flexibility index (Phi) is 3.18. The number of hydrogen-bond acceptors (Lipinski definition) is 3. The molecule has 0 unspecified atom stereocenters. The van der Waals surface area contributed by atoms with Crippen molar-refractivity contribution in [2.45, 2.75) is 25.7 Å². The van der Waals surface area contributed by atoms with Crippen molar-refractivity contribution in [3.63, 3.8) is 0 Å². The lowest BCUT2D eigenvalue weighted by molar-refractivity contribution is -0.119. The quantitative estimate of drug-likeness (QED) is 0.768. The van der Waals surface area contributed by atoms with E-state index in [9.17, 15) is 4.79 Å². The van der Waals surface area contributed by atoms with Gasteiger partial charge in [0.2, 0.25) is 5.91 Å². The van der Waals surface area contributed by atoms with Crippen LogP contribution in [0.25, 0.3) is 22.2 Å². The van der Waals surface area contributed by atoms with Crippen LogP contribution in [0.15, 0.2) is 41.0 Å². The third kappa shape index (κ3) is 2.28. The third-order valence-electron chi connectivity index (χ3n) is 4.34. The number of benzene rings is 1.